The summed E-state index contributed by atoms with van der Waals surface area (Å²) < 4.78 is 44.5. The summed E-state index contributed by atoms with van der Waals surface area (Å²) >= 11 is 0. The van der Waals surface area contributed by atoms with Gasteiger partial charge in [-0.05, 0) is 81.0 Å². The van der Waals surface area contributed by atoms with Crippen molar-refractivity contribution in [3.63, 3.8) is 0 Å². The molecule has 292 valence electrons. The van der Waals surface area contributed by atoms with Crippen molar-refractivity contribution in [2.24, 2.45) is 16.3 Å². The summed E-state index contributed by atoms with van der Waals surface area (Å²) in [5, 5.41) is 10.7. The van der Waals surface area contributed by atoms with Crippen LogP contribution < -0.4 is 5.32 Å². The van der Waals surface area contributed by atoms with Crippen molar-refractivity contribution in [3.8, 4) is 0 Å². The second kappa shape index (κ2) is 26.4. The smallest absolute Gasteiger partial charge is 0.386 e. The first kappa shape index (κ1) is 49.8. The molecule has 1 amide bonds. The van der Waals surface area contributed by atoms with E-state index in [1.165, 1.54) is 0 Å². The Hall–Kier alpha value is -3.34. The summed E-state index contributed by atoms with van der Waals surface area (Å²) in [4.78, 5) is 41.1. The molecule has 1 aliphatic carbocycles. The first-order valence-corrected chi connectivity index (χ1v) is 18.1. The van der Waals surface area contributed by atoms with Gasteiger partial charge in [0.2, 0.25) is 6.41 Å². The molecule has 11 heteroatoms. The van der Waals surface area contributed by atoms with Crippen LogP contribution in [-0.4, -0.2) is 66.5 Å². The van der Waals surface area contributed by atoms with E-state index in [0.29, 0.717) is 18.0 Å². The molecule has 0 bridgehead atoms. The largest absolute Gasteiger partial charge is 0.481 e. The van der Waals surface area contributed by atoms with Crippen LogP contribution in [0.5, 0.6) is 0 Å². The zero-order chi connectivity index (χ0) is 39.7. The van der Waals surface area contributed by atoms with Gasteiger partial charge in [-0.25, -0.2) is 4.39 Å². The van der Waals surface area contributed by atoms with Crippen molar-refractivity contribution in [3.05, 3.63) is 59.2 Å². The maximum atomic E-state index is 13.4. The van der Waals surface area contributed by atoms with Gasteiger partial charge in [-0.2, -0.15) is 13.2 Å². The van der Waals surface area contributed by atoms with Gasteiger partial charge in [-0.15, -0.1) is 0 Å². The lowest BCUT2D eigenvalue weighted by atomic mass is 9.69. The number of hydrogen-bond acceptors (Lipinski definition) is 5. The third-order valence-electron chi connectivity index (χ3n) is 8.44. The fourth-order valence-corrected chi connectivity index (χ4v) is 5.77. The number of nitrogens with zero attached hydrogens (tertiary/aromatic N) is 2. The lowest BCUT2D eigenvalue weighted by molar-refractivity contribution is -0.137. The Balaban J connectivity index is 0. The molecule has 7 nitrogen and oxygen atoms in total. The SMILES string of the molecule is CC.CC(F)(F)F.CC\C=C/C(=C\CF)C(/C)=N/C1(N(C=O)[C@H](CCCC)c2ccc(C=O)cc2)CCC(C(C)(C)C)CC1.CNCCC(=O)O. The highest BCUT2D eigenvalue weighted by atomic mass is 19.4. The number of amides is 1. The van der Waals surface area contributed by atoms with Crippen LogP contribution in [0.1, 0.15) is 142 Å². The van der Waals surface area contributed by atoms with E-state index in [1.807, 2.05) is 69.0 Å². The van der Waals surface area contributed by atoms with Gasteiger partial charge in [0.25, 0.3) is 0 Å². The Morgan fingerprint density at radius 3 is 2.00 bits per heavy atom. The number of carboxylic acid groups (broad SMARTS) is 1. The first-order valence-electron chi connectivity index (χ1n) is 18.1. The Morgan fingerprint density at radius 1 is 1.08 bits per heavy atom. The monoisotopic (exact) mass is 727 g/mol. The van der Waals surface area contributed by atoms with Crippen molar-refractivity contribution in [1.82, 2.24) is 10.2 Å². The molecule has 1 saturated carbocycles. The molecule has 1 aromatic carbocycles. The summed E-state index contributed by atoms with van der Waals surface area (Å²) in [5.74, 6) is -0.208. The number of carbonyl (C=O) groups is 3. The lowest BCUT2D eigenvalue weighted by Gasteiger charge is -2.49. The molecule has 1 atom stereocenters. The molecule has 0 radical (unpaired) electrons. The number of benzene rings is 1. The van der Waals surface area contributed by atoms with Gasteiger partial charge in [-0.3, -0.25) is 19.4 Å². The van der Waals surface area contributed by atoms with Crippen LogP contribution in [0.15, 0.2) is 53.1 Å². The number of nitrogens with one attached hydrogen (secondary N) is 1. The fourth-order valence-electron chi connectivity index (χ4n) is 5.77. The molecule has 1 aliphatic rings. The molecule has 51 heavy (non-hydrogen) atoms. The highest BCUT2D eigenvalue weighted by Crippen LogP contribution is 2.47. The van der Waals surface area contributed by atoms with E-state index < -0.39 is 24.5 Å². The Bertz CT molecular complexity index is 1190. The van der Waals surface area contributed by atoms with Crippen LogP contribution in [0.3, 0.4) is 0 Å². The number of carbonyl (C=O) groups excluding carboxylic acids is 2. The third-order valence-corrected chi connectivity index (χ3v) is 8.44. The number of alkyl halides is 4. The Kier molecular flexibility index (Phi) is 25.8. The molecule has 0 unspecified atom stereocenters. The first-order chi connectivity index (χ1) is 23.9. The maximum Gasteiger partial charge on any atom is 0.386 e. The molecular weight excluding hydrogens is 662 g/mol. The molecule has 0 heterocycles. The van der Waals surface area contributed by atoms with E-state index in [9.17, 15) is 31.9 Å². The molecule has 0 aromatic heterocycles. The molecule has 0 aliphatic heterocycles. The third kappa shape index (κ3) is 20.9. The number of hydrogen-bond donors (Lipinski definition) is 2. The van der Waals surface area contributed by atoms with Gasteiger partial charge in [-0.1, -0.05) is 97.7 Å². The predicted octanol–water partition coefficient (Wildman–Crippen LogP) is 10.7. The minimum atomic E-state index is -4.00. The van der Waals surface area contributed by atoms with E-state index in [-0.39, 0.29) is 24.8 Å². The molecule has 0 spiro atoms. The average molecular weight is 728 g/mol. The number of aliphatic carboxylic acids is 1. The number of allylic oxidation sites excluding steroid dienone is 4. The van der Waals surface area contributed by atoms with Crippen molar-refractivity contribution >= 4 is 24.4 Å². The highest BCUT2D eigenvalue weighted by molar-refractivity contribution is 6.01. The van der Waals surface area contributed by atoms with Crippen LogP contribution in [-0.2, 0) is 9.59 Å². The van der Waals surface area contributed by atoms with Crippen LogP contribution in [0, 0.1) is 11.3 Å². The van der Waals surface area contributed by atoms with Crippen LogP contribution in [0.2, 0.25) is 0 Å². The minimum absolute atomic E-state index is 0.152. The molecule has 1 aromatic rings. The molecule has 2 N–H and O–H groups in total. The number of unbranched alkanes of at least 4 members (excludes halogenated alkanes) is 1. The highest BCUT2D eigenvalue weighted by Gasteiger charge is 2.45. The van der Waals surface area contributed by atoms with Crippen molar-refractivity contribution in [2.45, 2.75) is 138 Å². The number of rotatable bonds is 16. The fraction of sp³-hybridized carbons (Fsp3) is 0.650. The average Bonchev–Trinajstić information content (AvgIpc) is 3.07. The van der Waals surface area contributed by atoms with Crippen molar-refractivity contribution in [1.29, 1.82) is 0 Å². The van der Waals surface area contributed by atoms with Gasteiger partial charge in [0.1, 0.15) is 18.6 Å². The summed E-state index contributed by atoms with van der Waals surface area (Å²) in [5.41, 5.74) is 2.65. The van der Waals surface area contributed by atoms with E-state index in [0.717, 1.165) is 80.9 Å². The molecule has 0 saturated heterocycles. The maximum absolute atomic E-state index is 13.4. The number of aldehydes is 1. The summed E-state index contributed by atoms with van der Waals surface area (Å²) in [6.07, 6.45) is 10.7. The van der Waals surface area contributed by atoms with Gasteiger partial charge in [0, 0.05) is 24.7 Å². The predicted molar refractivity (Wildman–Crippen MR) is 202 cm³/mol. The molecule has 2 rings (SSSR count). The van der Waals surface area contributed by atoms with E-state index in [2.05, 4.69) is 33.0 Å². The second-order valence-corrected chi connectivity index (χ2v) is 13.4. The number of carboxylic acids is 1. The summed E-state index contributed by atoms with van der Waals surface area (Å²) in [7, 11) is 1.73. The standard InChI is InChI=1S/C32H47FN2O2.C4H9NO2.C2H3F3.C2H6/c1-7-9-11-27(19-22-33)25(3)34-32(20-17-29(18-21-32)31(4,5)6)35(24-37)30(12-10-8-2)28-15-13-26(23-36)14-16-28;1-5-3-2-4(6)7;1-2(3,4)5;1-2/h9,11,13-16,19,23-24,29-30H,7-8,10,12,17-18,20-22H2,1-6H3;5H,2-3H2,1H3,(H,6,7);1H3;1-2H3/b11-9-,27-19+,34-25+;;;/t29?,30-,32?;;;/m1.../s1. The zero-order valence-electron chi connectivity index (χ0n) is 32.7. The molecular formula is C40H65F4N3O4. The summed E-state index contributed by atoms with van der Waals surface area (Å²) in [6, 6.07) is 7.41. The lowest BCUT2D eigenvalue weighted by Crippen LogP contribution is -2.52. The van der Waals surface area contributed by atoms with Crippen LogP contribution in [0.4, 0.5) is 17.6 Å². The normalized spacial score (nSPS) is 18.6. The topological polar surface area (TPSA) is 99.1 Å². The van der Waals surface area contributed by atoms with Gasteiger partial charge in [0.05, 0.1) is 12.5 Å². The van der Waals surface area contributed by atoms with Crippen LogP contribution in [0.25, 0.3) is 0 Å². The van der Waals surface area contributed by atoms with E-state index >= 15 is 0 Å². The zero-order valence-corrected chi connectivity index (χ0v) is 32.7. The van der Waals surface area contributed by atoms with Crippen molar-refractivity contribution in [2.75, 3.05) is 20.3 Å². The second-order valence-electron chi connectivity index (χ2n) is 13.4. The summed E-state index contributed by atoms with van der Waals surface area (Å²) in [6.45, 7) is 17.2. The van der Waals surface area contributed by atoms with E-state index in [4.69, 9.17) is 10.1 Å². The minimum Gasteiger partial charge on any atom is -0.481 e. The molecule has 1 fully saturated rings. The Labute approximate surface area is 305 Å². The van der Waals surface area contributed by atoms with Gasteiger partial charge >= 0.3 is 12.1 Å². The quantitative estimate of drug-likeness (QED) is 0.0764. The van der Waals surface area contributed by atoms with Crippen LogP contribution >= 0.6 is 0 Å². The van der Waals surface area contributed by atoms with Gasteiger partial charge < -0.3 is 15.3 Å². The van der Waals surface area contributed by atoms with E-state index in [1.54, 1.807) is 13.1 Å². The Morgan fingerprint density at radius 2 is 1.63 bits per heavy atom. The van der Waals surface area contributed by atoms with Gasteiger partial charge in [0.15, 0.2) is 0 Å². The number of halogens is 4. The van der Waals surface area contributed by atoms with Crippen molar-refractivity contribution < 1.29 is 37.1 Å². The number of aliphatic imine (C=N–C) groups is 1.